The SMILES string of the molecule is CCSc1ccccc1NS(=O)(=O)c1cccnc1Cl. The highest BCUT2D eigenvalue weighted by Crippen LogP contribution is 2.29. The molecule has 0 aliphatic rings. The molecular weight excluding hydrogens is 316 g/mol. The Labute approximate surface area is 127 Å². The lowest BCUT2D eigenvalue weighted by atomic mass is 10.3. The Kier molecular flexibility index (Phi) is 4.91. The minimum absolute atomic E-state index is 0.0297. The predicted octanol–water partition coefficient (Wildman–Crippen LogP) is 3.65. The lowest BCUT2D eigenvalue weighted by molar-refractivity contribution is 0.601. The van der Waals surface area contributed by atoms with Gasteiger partial charge in [-0.2, -0.15) is 0 Å². The van der Waals surface area contributed by atoms with Gasteiger partial charge in [0, 0.05) is 11.1 Å². The number of para-hydroxylation sites is 1. The van der Waals surface area contributed by atoms with Crippen LogP contribution in [-0.4, -0.2) is 19.2 Å². The number of aromatic nitrogens is 1. The Morgan fingerprint density at radius 2 is 2.00 bits per heavy atom. The highest BCUT2D eigenvalue weighted by atomic mass is 35.5. The number of halogens is 1. The fourth-order valence-electron chi connectivity index (χ4n) is 1.60. The molecule has 7 heteroatoms. The quantitative estimate of drug-likeness (QED) is 0.672. The van der Waals surface area contributed by atoms with Gasteiger partial charge in [-0.1, -0.05) is 30.7 Å². The van der Waals surface area contributed by atoms with E-state index >= 15 is 0 Å². The monoisotopic (exact) mass is 328 g/mol. The number of hydrogen-bond donors (Lipinski definition) is 1. The van der Waals surface area contributed by atoms with Gasteiger partial charge in [-0.25, -0.2) is 13.4 Å². The van der Waals surface area contributed by atoms with E-state index < -0.39 is 10.0 Å². The number of thioether (sulfide) groups is 1. The number of pyridine rings is 1. The van der Waals surface area contributed by atoms with E-state index in [9.17, 15) is 8.42 Å². The van der Waals surface area contributed by atoms with Gasteiger partial charge in [0.1, 0.15) is 10.0 Å². The van der Waals surface area contributed by atoms with Crippen molar-refractivity contribution < 1.29 is 8.42 Å². The lowest BCUT2D eigenvalue weighted by Crippen LogP contribution is -2.14. The fourth-order valence-corrected chi connectivity index (χ4v) is 3.96. The summed E-state index contributed by atoms with van der Waals surface area (Å²) >= 11 is 7.41. The van der Waals surface area contributed by atoms with Crippen molar-refractivity contribution in [3.63, 3.8) is 0 Å². The molecule has 0 bridgehead atoms. The first-order valence-corrected chi connectivity index (χ1v) is 8.74. The Bertz CT molecular complexity index is 705. The second kappa shape index (κ2) is 6.47. The largest absolute Gasteiger partial charge is 0.278 e. The molecule has 0 fully saturated rings. The predicted molar refractivity (Wildman–Crippen MR) is 82.9 cm³/mol. The van der Waals surface area contributed by atoms with E-state index in [2.05, 4.69) is 9.71 Å². The van der Waals surface area contributed by atoms with Crippen LogP contribution in [0.1, 0.15) is 6.92 Å². The number of nitrogens with one attached hydrogen (secondary N) is 1. The van der Waals surface area contributed by atoms with Crippen LogP contribution in [0.15, 0.2) is 52.4 Å². The first-order chi connectivity index (χ1) is 9.54. The van der Waals surface area contributed by atoms with Crippen LogP contribution in [0.5, 0.6) is 0 Å². The summed E-state index contributed by atoms with van der Waals surface area (Å²) in [6.45, 7) is 2.01. The fraction of sp³-hybridized carbons (Fsp3) is 0.154. The summed E-state index contributed by atoms with van der Waals surface area (Å²) in [4.78, 5) is 4.63. The van der Waals surface area contributed by atoms with E-state index in [-0.39, 0.29) is 10.0 Å². The van der Waals surface area contributed by atoms with Gasteiger partial charge >= 0.3 is 0 Å². The molecule has 1 N–H and O–H groups in total. The molecule has 106 valence electrons. The molecule has 2 rings (SSSR count). The second-order valence-electron chi connectivity index (χ2n) is 3.83. The van der Waals surface area contributed by atoms with E-state index in [1.54, 1.807) is 23.9 Å². The maximum Gasteiger partial charge on any atom is 0.265 e. The van der Waals surface area contributed by atoms with E-state index in [1.165, 1.54) is 18.3 Å². The van der Waals surface area contributed by atoms with Crippen molar-refractivity contribution in [2.24, 2.45) is 0 Å². The molecule has 1 heterocycles. The van der Waals surface area contributed by atoms with Crippen LogP contribution in [0, 0.1) is 0 Å². The Hall–Kier alpha value is -1.24. The molecule has 0 radical (unpaired) electrons. The van der Waals surface area contributed by atoms with E-state index in [4.69, 9.17) is 11.6 Å². The third kappa shape index (κ3) is 3.45. The van der Waals surface area contributed by atoms with E-state index in [0.29, 0.717) is 5.69 Å². The van der Waals surface area contributed by atoms with Gasteiger partial charge in [0.2, 0.25) is 0 Å². The molecule has 0 spiro atoms. The molecule has 0 atom stereocenters. The zero-order valence-corrected chi connectivity index (χ0v) is 13.1. The van der Waals surface area contributed by atoms with Gasteiger partial charge in [-0.05, 0) is 30.0 Å². The number of benzene rings is 1. The molecule has 0 saturated heterocycles. The van der Waals surface area contributed by atoms with Crippen LogP contribution >= 0.6 is 23.4 Å². The molecule has 20 heavy (non-hydrogen) atoms. The maximum absolute atomic E-state index is 12.3. The van der Waals surface area contributed by atoms with Gasteiger partial charge in [-0.15, -0.1) is 11.8 Å². The van der Waals surface area contributed by atoms with Crippen LogP contribution < -0.4 is 4.72 Å². The Balaban J connectivity index is 2.37. The maximum atomic E-state index is 12.3. The summed E-state index contributed by atoms with van der Waals surface area (Å²) in [5.41, 5.74) is 0.541. The Morgan fingerprint density at radius 1 is 1.25 bits per heavy atom. The number of hydrogen-bond acceptors (Lipinski definition) is 4. The third-order valence-electron chi connectivity index (χ3n) is 2.45. The minimum atomic E-state index is -3.74. The van der Waals surface area contributed by atoms with Crippen molar-refractivity contribution in [2.45, 2.75) is 16.7 Å². The summed E-state index contributed by atoms with van der Waals surface area (Å²) in [6, 6.07) is 10.2. The lowest BCUT2D eigenvalue weighted by Gasteiger charge is -2.12. The summed E-state index contributed by atoms with van der Waals surface area (Å²) in [6.07, 6.45) is 1.45. The van der Waals surface area contributed by atoms with Gasteiger partial charge < -0.3 is 0 Å². The molecule has 1 aromatic heterocycles. The second-order valence-corrected chi connectivity index (χ2v) is 7.14. The summed E-state index contributed by atoms with van der Waals surface area (Å²) in [5, 5.41) is -0.0411. The molecular formula is C13H13ClN2O2S2. The van der Waals surface area contributed by atoms with Crippen molar-refractivity contribution in [3.05, 3.63) is 47.7 Å². The zero-order valence-electron chi connectivity index (χ0n) is 10.7. The molecule has 4 nitrogen and oxygen atoms in total. The average molecular weight is 329 g/mol. The molecule has 0 aliphatic carbocycles. The van der Waals surface area contributed by atoms with Crippen molar-refractivity contribution >= 4 is 39.1 Å². The Morgan fingerprint density at radius 3 is 2.70 bits per heavy atom. The molecule has 2 aromatic rings. The average Bonchev–Trinajstić information content (AvgIpc) is 2.41. The highest BCUT2D eigenvalue weighted by molar-refractivity contribution is 7.99. The first-order valence-electron chi connectivity index (χ1n) is 5.89. The summed E-state index contributed by atoms with van der Waals surface area (Å²) in [5.74, 6) is 0.854. The van der Waals surface area contributed by atoms with Crippen molar-refractivity contribution in [1.29, 1.82) is 0 Å². The molecule has 0 amide bonds. The molecule has 0 aliphatic heterocycles. The highest BCUT2D eigenvalue weighted by Gasteiger charge is 2.19. The zero-order chi connectivity index (χ0) is 14.6. The summed E-state index contributed by atoms with van der Waals surface area (Å²) < 4.78 is 27.2. The standard InChI is InChI=1S/C13H13ClN2O2S2/c1-2-19-11-7-4-3-6-10(11)16-20(17,18)12-8-5-9-15-13(12)14/h3-9,16H,2H2,1H3. The van der Waals surface area contributed by atoms with Crippen LogP contribution in [0.3, 0.4) is 0 Å². The minimum Gasteiger partial charge on any atom is -0.278 e. The topological polar surface area (TPSA) is 59.1 Å². The first kappa shape index (κ1) is 15.2. The van der Waals surface area contributed by atoms with E-state index in [0.717, 1.165) is 10.6 Å². The van der Waals surface area contributed by atoms with Gasteiger partial charge in [0.25, 0.3) is 10.0 Å². The van der Waals surface area contributed by atoms with Crippen LogP contribution in [0.2, 0.25) is 5.15 Å². The molecule has 0 unspecified atom stereocenters. The summed E-state index contributed by atoms with van der Waals surface area (Å²) in [7, 11) is -3.74. The smallest absolute Gasteiger partial charge is 0.265 e. The number of rotatable bonds is 5. The molecule has 0 saturated carbocycles. The molecule has 1 aromatic carbocycles. The van der Waals surface area contributed by atoms with E-state index in [1.807, 2.05) is 19.1 Å². The van der Waals surface area contributed by atoms with Gasteiger partial charge in [0.05, 0.1) is 5.69 Å². The number of anilines is 1. The number of sulfonamides is 1. The van der Waals surface area contributed by atoms with Crippen LogP contribution in [0.4, 0.5) is 5.69 Å². The normalized spacial score (nSPS) is 11.3. The van der Waals surface area contributed by atoms with Crippen LogP contribution in [0.25, 0.3) is 0 Å². The van der Waals surface area contributed by atoms with Crippen molar-refractivity contribution in [1.82, 2.24) is 4.98 Å². The third-order valence-corrected chi connectivity index (χ3v) is 5.21. The van der Waals surface area contributed by atoms with Crippen molar-refractivity contribution in [3.8, 4) is 0 Å². The van der Waals surface area contributed by atoms with Crippen molar-refractivity contribution in [2.75, 3.05) is 10.5 Å². The number of nitrogens with zero attached hydrogens (tertiary/aromatic N) is 1. The van der Waals surface area contributed by atoms with Gasteiger partial charge in [-0.3, -0.25) is 4.72 Å². The van der Waals surface area contributed by atoms with Gasteiger partial charge in [0.15, 0.2) is 0 Å². The van der Waals surface area contributed by atoms with Crippen LogP contribution in [-0.2, 0) is 10.0 Å².